The number of quaternary nitrogens is 1. The molecule has 4 atom stereocenters. The van der Waals surface area contributed by atoms with Crippen LogP contribution in [0.1, 0.15) is 51.9 Å². The molecule has 3 heterocycles. The summed E-state index contributed by atoms with van der Waals surface area (Å²) in [5.74, 6) is 0. The zero-order valence-electron chi connectivity index (χ0n) is 9.61. The van der Waals surface area contributed by atoms with Crippen molar-refractivity contribution in [1.29, 1.82) is 0 Å². The van der Waals surface area contributed by atoms with Crippen LogP contribution in [0, 0.1) is 5.21 Å². The summed E-state index contributed by atoms with van der Waals surface area (Å²) >= 11 is 0. The highest BCUT2D eigenvalue weighted by Gasteiger charge is 2.48. The van der Waals surface area contributed by atoms with Crippen molar-refractivity contribution >= 4 is 0 Å². The van der Waals surface area contributed by atoms with E-state index in [-0.39, 0.29) is 4.65 Å². The highest BCUT2D eigenvalue weighted by atomic mass is 16.6. The van der Waals surface area contributed by atoms with Crippen LogP contribution in [0.4, 0.5) is 0 Å². The summed E-state index contributed by atoms with van der Waals surface area (Å²) in [7, 11) is 0. The summed E-state index contributed by atoms with van der Waals surface area (Å²) in [6, 6.07) is 1.15. The van der Waals surface area contributed by atoms with Crippen LogP contribution in [0.15, 0.2) is 11.6 Å². The van der Waals surface area contributed by atoms with E-state index in [9.17, 15) is 5.21 Å². The second-order valence-electron chi connectivity index (χ2n) is 5.72. The lowest BCUT2D eigenvalue weighted by molar-refractivity contribution is -0.957. The van der Waals surface area contributed by atoms with Crippen LogP contribution in [-0.4, -0.2) is 22.8 Å². The molecule has 0 N–H and O–H groups in total. The van der Waals surface area contributed by atoms with E-state index in [1.165, 1.54) is 37.7 Å². The maximum Gasteiger partial charge on any atom is 0.108 e. The van der Waals surface area contributed by atoms with Crippen molar-refractivity contribution in [2.24, 2.45) is 0 Å². The summed E-state index contributed by atoms with van der Waals surface area (Å²) in [6.07, 6.45) is 10.6. The number of rotatable bonds is 0. The maximum absolute atomic E-state index is 13.1. The van der Waals surface area contributed by atoms with Gasteiger partial charge >= 0.3 is 0 Å². The van der Waals surface area contributed by atoms with Crippen molar-refractivity contribution in [1.82, 2.24) is 0 Å². The zero-order valence-corrected chi connectivity index (χ0v) is 9.61. The van der Waals surface area contributed by atoms with Gasteiger partial charge in [-0.25, -0.2) is 0 Å². The van der Waals surface area contributed by atoms with Gasteiger partial charge in [0, 0.05) is 19.3 Å². The molecule has 2 saturated heterocycles. The lowest BCUT2D eigenvalue weighted by Gasteiger charge is -2.63. The van der Waals surface area contributed by atoms with E-state index in [4.69, 9.17) is 0 Å². The van der Waals surface area contributed by atoms with Crippen molar-refractivity contribution in [3.63, 3.8) is 0 Å². The number of piperidine rings is 2. The van der Waals surface area contributed by atoms with E-state index >= 15 is 0 Å². The van der Waals surface area contributed by atoms with E-state index in [1.54, 1.807) is 0 Å². The Bertz CT molecular complexity index is 297. The van der Waals surface area contributed by atoms with Gasteiger partial charge in [0.2, 0.25) is 0 Å². The molecule has 0 aromatic rings. The minimum Gasteiger partial charge on any atom is -0.632 e. The van der Waals surface area contributed by atoms with Crippen LogP contribution >= 0.6 is 0 Å². The number of hydrogen-bond donors (Lipinski definition) is 0. The van der Waals surface area contributed by atoms with E-state index in [0.717, 1.165) is 12.8 Å². The first-order valence-electron chi connectivity index (χ1n) is 6.47. The Morgan fingerprint density at radius 2 is 1.80 bits per heavy atom. The van der Waals surface area contributed by atoms with Crippen LogP contribution in [0.25, 0.3) is 0 Å². The van der Waals surface area contributed by atoms with Gasteiger partial charge < -0.3 is 9.85 Å². The highest BCUT2D eigenvalue weighted by molar-refractivity contribution is 5.10. The summed E-state index contributed by atoms with van der Waals surface area (Å²) in [5.41, 5.74) is 1.47. The summed E-state index contributed by atoms with van der Waals surface area (Å²) < 4.78 is 0.164. The molecule has 0 bridgehead atoms. The molecular formula is C13H21NO. The van der Waals surface area contributed by atoms with Crippen molar-refractivity contribution in [3.05, 3.63) is 16.9 Å². The molecule has 0 unspecified atom stereocenters. The molecular weight excluding hydrogens is 186 g/mol. The first-order valence-corrected chi connectivity index (χ1v) is 6.47. The Labute approximate surface area is 92.1 Å². The molecule has 3 aliphatic rings. The van der Waals surface area contributed by atoms with Gasteiger partial charge in [-0.15, -0.1) is 0 Å². The minimum atomic E-state index is 0.164. The predicted octanol–water partition coefficient (Wildman–Crippen LogP) is 3.12. The van der Waals surface area contributed by atoms with Gasteiger partial charge in [-0.2, -0.15) is 0 Å². The van der Waals surface area contributed by atoms with Crippen LogP contribution in [-0.2, 0) is 0 Å². The maximum atomic E-state index is 13.1. The van der Waals surface area contributed by atoms with Crippen LogP contribution in [0.3, 0.4) is 0 Å². The highest BCUT2D eigenvalue weighted by Crippen LogP contribution is 2.45. The molecule has 2 nitrogen and oxygen atoms in total. The predicted molar refractivity (Wildman–Crippen MR) is 61.1 cm³/mol. The van der Waals surface area contributed by atoms with E-state index in [1.807, 2.05) is 0 Å². The van der Waals surface area contributed by atoms with Crippen molar-refractivity contribution in [2.75, 3.05) is 0 Å². The molecule has 0 spiro atoms. The second kappa shape index (κ2) is 3.33. The van der Waals surface area contributed by atoms with Gasteiger partial charge in [-0.05, 0) is 38.7 Å². The van der Waals surface area contributed by atoms with Crippen molar-refractivity contribution < 1.29 is 4.65 Å². The third-order valence-electron chi connectivity index (χ3n) is 4.81. The van der Waals surface area contributed by atoms with E-state index < -0.39 is 0 Å². The first kappa shape index (κ1) is 9.86. The van der Waals surface area contributed by atoms with Crippen molar-refractivity contribution in [2.45, 2.75) is 70.0 Å². The van der Waals surface area contributed by atoms with Gasteiger partial charge in [-0.1, -0.05) is 5.57 Å². The number of hydrogen-bond acceptors (Lipinski definition) is 1. The monoisotopic (exact) mass is 207 g/mol. The van der Waals surface area contributed by atoms with Gasteiger partial charge in [0.1, 0.15) is 6.04 Å². The minimum absolute atomic E-state index is 0.164. The Morgan fingerprint density at radius 3 is 2.60 bits per heavy atom. The van der Waals surface area contributed by atoms with Crippen molar-refractivity contribution in [3.8, 4) is 0 Å². The van der Waals surface area contributed by atoms with Crippen LogP contribution in [0.5, 0.6) is 0 Å². The molecule has 3 aliphatic heterocycles. The van der Waals surface area contributed by atoms with Gasteiger partial charge in [0.05, 0.1) is 12.1 Å². The lowest BCUT2D eigenvalue weighted by Crippen LogP contribution is -2.67. The van der Waals surface area contributed by atoms with Gasteiger partial charge in [0.25, 0.3) is 0 Å². The van der Waals surface area contributed by atoms with Gasteiger partial charge in [0.15, 0.2) is 0 Å². The average Bonchev–Trinajstić information content (AvgIpc) is 2.19. The Kier molecular flexibility index (Phi) is 2.18. The van der Waals surface area contributed by atoms with E-state index in [0.29, 0.717) is 18.1 Å². The molecule has 0 aliphatic carbocycles. The number of hydroxylamine groups is 3. The molecule has 0 aromatic heterocycles. The molecule has 2 fully saturated rings. The summed E-state index contributed by atoms with van der Waals surface area (Å²) in [4.78, 5) is 0. The SMILES string of the molecule is CC1=C[C@H]2CCC[C@@H]3CCC[C@@H](C1)[N@@+]32[O-]. The molecule has 0 saturated carbocycles. The van der Waals surface area contributed by atoms with Crippen LogP contribution in [0.2, 0.25) is 0 Å². The quantitative estimate of drug-likeness (QED) is 0.340. The Balaban J connectivity index is 2.00. The first-order chi connectivity index (χ1) is 7.21. The zero-order chi connectivity index (χ0) is 10.5. The Morgan fingerprint density at radius 1 is 1.13 bits per heavy atom. The van der Waals surface area contributed by atoms with E-state index in [2.05, 4.69) is 13.0 Å². The normalized spacial score (nSPS) is 49.5. The van der Waals surface area contributed by atoms with Crippen LogP contribution < -0.4 is 0 Å². The fourth-order valence-corrected chi connectivity index (χ4v) is 4.16. The molecule has 3 rings (SSSR count). The average molecular weight is 207 g/mol. The molecule has 15 heavy (non-hydrogen) atoms. The summed E-state index contributed by atoms with van der Waals surface area (Å²) in [5, 5.41) is 13.1. The lowest BCUT2D eigenvalue weighted by atomic mass is 9.79. The molecule has 0 radical (unpaired) electrons. The third-order valence-corrected chi connectivity index (χ3v) is 4.81. The third kappa shape index (κ3) is 1.31. The molecule has 2 heteroatoms. The Hall–Kier alpha value is -0.340. The second-order valence-corrected chi connectivity index (χ2v) is 5.72. The molecule has 0 aromatic carbocycles. The van der Waals surface area contributed by atoms with Gasteiger partial charge in [-0.3, -0.25) is 0 Å². The topological polar surface area (TPSA) is 23.1 Å². The fraction of sp³-hybridized carbons (Fsp3) is 0.846. The largest absolute Gasteiger partial charge is 0.632 e. The number of nitrogens with zero attached hydrogens (tertiary/aromatic N) is 1. The molecule has 0 amide bonds. The standard InChI is InChI=1S/C13H21NO/c1-10-8-12-6-2-4-11-5-3-7-13(9-10)14(11,12)15/h8,11-13H,2-7,9H2,1H3/t11-,12-,13+,14-/m1/s1. The smallest absolute Gasteiger partial charge is 0.108 e. The molecule has 84 valence electrons. The summed E-state index contributed by atoms with van der Waals surface area (Å²) in [6.45, 7) is 2.21. The fourth-order valence-electron chi connectivity index (χ4n) is 4.16.